The van der Waals surface area contributed by atoms with Crippen LogP contribution in [0, 0.1) is 0 Å². The van der Waals surface area contributed by atoms with Crippen LogP contribution in [0.3, 0.4) is 0 Å². The molecular weight excluding hydrogens is 296 g/mol. The van der Waals surface area contributed by atoms with Gasteiger partial charge in [0, 0.05) is 24.5 Å². The van der Waals surface area contributed by atoms with Crippen LogP contribution in [0.4, 0.5) is 0 Å². The molecule has 0 amide bonds. The van der Waals surface area contributed by atoms with Gasteiger partial charge in [-0.05, 0) is 24.3 Å². The minimum absolute atomic E-state index is 0.313. The number of oxazole rings is 1. The Kier molecular flexibility index (Phi) is 3.91. The number of fused-ring (bicyclic) bond motifs is 1. The van der Waals surface area contributed by atoms with Gasteiger partial charge in [-0.15, -0.1) is 11.3 Å². The number of para-hydroxylation sites is 2. The number of nitrogens with one attached hydrogen (secondary N) is 1. The number of hydrogen-bond acceptors (Lipinski definition) is 4. The molecular formula is C14H13ClN2O2S. The summed E-state index contributed by atoms with van der Waals surface area (Å²) in [4.78, 5) is 12.9. The minimum atomic E-state index is -0.313. The Morgan fingerprint density at radius 1 is 1.25 bits per heavy atom. The summed E-state index contributed by atoms with van der Waals surface area (Å²) in [5, 5.41) is 3.30. The van der Waals surface area contributed by atoms with Gasteiger partial charge in [0.2, 0.25) is 0 Å². The first-order valence-corrected chi connectivity index (χ1v) is 7.47. The fraction of sp³-hybridized carbons (Fsp3) is 0.214. The van der Waals surface area contributed by atoms with Crippen LogP contribution in [-0.2, 0) is 13.1 Å². The van der Waals surface area contributed by atoms with Crippen molar-refractivity contribution in [2.45, 2.75) is 13.1 Å². The van der Waals surface area contributed by atoms with Crippen LogP contribution < -0.4 is 11.1 Å². The zero-order chi connectivity index (χ0) is 13.9. The van der Waals surface area contributed by atoms with E-state index in [0.717, 1.165) is 16.4 Å². The van der Waals surface area contributed by atoms with Crippen molar-refractivity contribution in [3.05, 3.63) is 56.2 Å². The molecule has 104 valence electrons. The lowest BCUT2D eigenvalue weighted by Gasteiger charge is -2.04. The smallest absolute Gasteiger partial charge is 0.408 e. The molecule has 0 fully saturated rings. The molecule has 4 nitrogen and oxygen atoms in total. The highest BCUT2D eigenvalue weighted by atomic mass is 35.5. The third-order valence-electron chi connectivity index (χ3n) is 3.01. The summed E-state index contributed by atoms with van der Waals surface area (Å²) in [7, 11) is 0. The van der Waals surface area contributed by atoms with Gasteiger partial charge in [0.15, 0.2) is 5.58 Å². The molecule has 6 heteroatoms. The van der Waals surface area contributed by atoms with Crippen molar-refractivity contribution in [2.24, 2.45) is 0 Å². The highest BCUT2D eigenvalue weighted by Crippen LogP contribution is 2.20. The van der Waals surface area contributed by atoms with Gasteiger partial charge in [-0.2, -0.15) is 0 Å². The molecule has 0 saturated carbocycles. The maximum atomic E-state index is 11.8. The van der Waals surface area contributed by atoms with Gasteiger partial charge in [-0.1, -0.05) is 23.7 Å². The van der Waals surface area contributed by atoms with Crippen LogP contribution in [0.5, 0.6) is 0 Å². The predicted octanol–water partition coefficient (Wildman–Crippen LogP) is 3.10. The standard InChI is InChI=1S/C14H13ClN2O2S/c15-13-6-5-10(20-13)9-16-7-8-17-11-3-1-2-4-12(11)19-14(17)18/h1-6,16H,7-9H2. The quantitative estimate of drug-likeness (QED) is 0.737. The van der Waals surface area contributed by atoms with E-state index in [9.17, 15) is 4.79 Å². The van der Waals surface area contributed by atoms with E-state index < -0.39 is 0 Å². The van der Waals surface area contributed by atoms with Gasteiger partial charge in [0.05, 0.1) is 9.85 Å². The number of hydrogen-bond donors (Lipinski definition) is 1. The molecule has 0 aliphatic rings. The minimum Gasteiger partial charge on any atom is -0.408 e. The first-order chi connectivity index (χ1) is 9.74. The van der Waals surface area contributed by atoms with E-state index in [0.29, 0.717) is 18.7 Å². The third-order valence-corrected chi connectivity index (χ3v) is 4.25. The largest absolute Gasteiger partial charge is 0.419 e. The van der Waals surface area contributed by atoms with E-state index in [4.69, 9.17) is 16.0 Å². The van der Waals surface area contributed by atoms with Crippen molar-refractivity contribution in [2.75, 3.05) is 6.54 Å². The fourth-order valence-electron chi connectivity index (χ4n) is 2.07. The molecule has 0 aliphatic carbocycles. The number of aromatic nitrogens is 1. The molecule has 3 rings (SSSR count). The highest BCUT2D eigenvalue weighted by Gasteiger charge is 2.07. The van der Waals surface area contributed by atoms with Crippen molar-refractivity contribution in [3.8, 4) is 0 Å². The van der Waals surface area contributed by atoms with Gasteiger partial charge in [0.1, 0.15) is 0 Å². The second-order valence-corrected chi connectivity index (χ2v) is 6.17. The van der Waals surface area contributed by atoms with Gasteiger partial charge in [0.25, 0.3) is 0 Å². The van der Waals surface area contributed by atoms with Crippen molar-refractivity contribution < 1.29 is 4.42 Å². The monoisotopic (exact) mass is 308 g/mol. The lowest BCUT2D eigenvalue weighted by Crippen LogP contribution is -2.24. The normalized spacial score (nSPS) is 11.2. The van der Waals surface area contributed by atoms with Crippen molar-refractivity contribution in [1.29, 1.82) is 0 Å². The van der Waals surface area contributed by atoms with Gasteiger partial charge in [-0.3, -0.25) is 4.57 Å². The number of benzene rings is 1. The zero-order valence-electron chi connectivity index (χ0n) is 10.6. The molecule has 0 radical (unpaired) electrons. The molecule has 0 aliphatic heterocycles. The summed E-state index contributed by atoms with van der Waals surface area (Å²) in [6, 6.07) is 11.3. The SMILES string of the molecule is O=c1oc2ccccc2n1CCNCc1ccc(Cl)s1. The molecule has 2 heterocycles. The maximum Gasteiger partial charge on any atom is 0.419 e. The number of rotatable bonds is 5. The summed E-state index contributed by atoms with van der Waals surface area (Å²) >= 11 is 7.43. The summed E-state index contributed by atoms with van der Waals surface area (Å²) in [6.45, 7) is 2.02. The molecule has 0 bridgehead atoms. The molecule has 0 unspecified atom stereocenters. The molecule has 1 aromatic carbocycles. The second kappa shape index (κ2) is 5.83. The fourth-order valence-corrected chi connectivity index (χ4v) is 3.13. The van der Waals surface area contributed by atoms with Crippen LogP contribution in [0.25, 0.3) is 11.1 Å². The first-order valence-electron chi connectivity index (χ1n) is 6.27. The number of thiophene rings is 1. The van der Waals surface area contributed by atoms with E-state index in [1.807, 2.05) is 30.3 Å². The summed E-state index contributed by atoms with van der Waals surface area (Å²) < 4.78 is 7.62. The Hall–Kier alpha value is -1.56. The predicted molar refractivity (Wildman–Crippen MR) is 81.5 cm³/mol. The Labute approximate surface area is 124 Å². The van der Waals surface area contributed by atoms with Crippen LogP contribution in [0.1, 0.15) is 4.88 Å². The topological polar surface area (TPSA) is 47.2 Å². The number of nitrogens with zero attached hydrogens (tertiary/aromatic N) is 1. The van der Waals surface area contributed by atoms with E-state index >= 15 is 0 Å². The second-order valence-electron chi connectivity index (χ2n) is 4.37. The molecule has 3 aromatic rings. The lowest BCUT2D eigenvalue weighted by molar-refractivity contribution is 0.494. The van der Waals surface area contributed by atoms with E-state index in [2.05, 4.69) is 5.32 Å². The van der Waals surface area contributed by atoms with E-state index in [1.165, 1.54) is 4.88 Å². The van der Waals surface area contributed by atoms with Gasteiger partial charge >= 0.3 is 5.76 Å². The molecule has 2 aromatic heterocycles. The molecule has 0 atom stereocenters. The van der Waals surface area contributed by atoms with Gasteiger partial charge in [-0.25, -0.2) is 4.79 Å². The van der Waals surface area contributed by atoms with Crippen LogP contribution in [-0.4, -0.2) is 11.1 Å². The Bertz CT molecular complexity index is 775. The third kappa shape index (κ3) is 2.80. The van der Waals surface area contributed by atoms with Crippen molar-refractivity contribution in [3.63, 3.8) is 0 Å². The van der Waals surface area contributed by atoms with Crippen molar-refractivity contribution in [1.82, 2.24) is 9.88 Å². The zero-order valence-corrected chi connectivity index (χ0v) is 12.2. The van der Waals surface area contributed by atoms with Crippen LogP contribution >= 0.6 is 22.9 Å². The van der Waals surface area contributed by atoms with E-state index in [-0.39, 0.29) is 5.76 Å². The Morgan fingerprint density at radius 2 is 2.10 bits per heavy atom. The van der Waals surface area contributed by atoms with Gasteiger partial charge < -0.3 is 9.73 Å². The van der Waals surface area contributed by atoms with Crippen molar-refractivity contribution >= 4 is 34.0 Å². The lowest BCUT2D eigenvalue weighted by atomic mass is 10.3. The average Bonchev–Trinajstić information content (AvgIpc) is 2.98. The molecule has 20 heavy (non-hydrogen) atoms. The van der Waals surface area contributed by atoms with Crippen LogP contribution in [0.2, 0.25) is 4.34 Å². The summed E-state index contributed by atoms with van der Waals surface area (Å²) in [6.07, 6.45) is 0. The highest BCUT2D eigenvalue weighted by molar-refractivity contribution is 7.16. The molecule has 0 spiro atoms. The number of halogens is 1. The summed E-state index contributed by atoms with van der Waals surface area (Å²) in [5.41, 5.74) is 1.46. The molecule has 0 saturated heterocycles. The maximum absolute atomic E-state index is 11.8. The molecule has 1 N–H and O–H groups in total. The Balaban J connectivity index is 1.62. The summed E-state index contributed by atoms with van der Waals surface area (Å²) in [5.74, 6) is -0.313. The van der Waals surface area contributed by atoms with Crippen LogP contribution in [0.15, 0.2) is 45.6 Å². The Morgan fingerprint density at radius 3 is 2.90 bits per heavy atom. The van der Waals surface area contributed by atoms with E-state index in [1.54, 1.807) is 22.0 Å². The first kappa shape index (κ1) is 13.4. The average molecular weight is 309 g/mol.